The van der Waals surface area contributed by atoms with E-state index in [1.807, 2.05) is 0 Å². The van der Waals surface area contributed by atoms with E-state index < -0.39 is 42.2 Å². The fourth-order valence-corrected chi connectivity index (χ4v) is 2.38. The van der Waals surface area contributed by atoms with Gasteiger partial charge in [0.1, 0.15) is 12.6 Å². The SMILES string of the molecule is C[C@@H](O)[C@H](NC(=O)c1ccc(C#Cc2ccc(C(F)(F)F)cc2)cc1)C(=O)CO. The van der Waals surface area contributed by atoms with Gasteiger partial charge in [0.15, 0.2) is 5.78 Å². The van der Waals surface area contributed by atoms with Crippen LogP contribution in [0.15, 0.2) is 48.5 Å². The van der Waals surface area contributed by atoms with Gasteiger partial charge >= 0.3 is 6.18 Å². The van der Waals surface area contributed by atoms with Crippen LogP contribution in [0.5, 0.6) is 0 Å². The van der Waals surface area contributed by atoms with Gasteiger partial charge in [0.05, 0.1) is 11.7 Å². The number of amides is 1. The lowest BCUT2D eigenvalue weighted by Crippen LogP contribution is -2.48. The second-order valence-corrected chi connectivity index (χ2v) is 6.22. The molecule has 0 bridgehead atoms. The van der Waals surface area contributed by atoms with Crippen LogP contribution in [-0.4, -0.2) is 40.7 Å². The Labute approximate surface area is 165 Å². The van der Waals surface area contributed by atoms with Crippen molar-refractivity contribution >= 4 is 11.7 Å². The van der Waals surface area contributed by atoms with Crippen molar-refractivity contribution in [1.82, 2.24) is 5.32 Å². The standard InChI is InChI=1S/C21H18F3NO4/c1-13(27)19(18(28)12-26)25-20(29)16-8-4-14(5-9-16)2-3-15-6-10-17(11-7-15)21(22,23)24/h4-11,13,19,26-27H,12H2,1H3,(H,25,29)/t13-,19+/m1/s1. The third kappa shape index (κ3) is 6.17. The van der Waals surface area contributed by atoms with E-state index >= 15 is 0 Å². The normalized spacial score (nSPS) is 13.0. The van der Waals surface area contributed by atoms with Gasteiger partial charge in [-0.25, -0.2) is 0 Å². The van der Waals surface area contributed by atoms with Crippen molar-refractivity contribution in [1.29, 1.82) is 0 Å². The van der Waals surface area contributed by atoms with Crippen molar-refractivity contribution in [3.05, 3.63) is 70.8 Å². The summed E-state index contributed by atoms with van der Waals surface area (Å²) in [6.45, 7) is 0.507. The first-order valence-corrected chi connectivity index (χ1v) is 8.53. The van der Waals surface area contributed by atoms with Gasteiger partial charge in [-0.05, 0) is 55.5 Å². The number of nitrogens with one attached hydrogen (secondary N) is 1. The minimum atomic E-state index is -4.41. The van der Waals surface area contributed by atoms with Crippen LogP contribution in [0.2, 0.25) is 0 Å². The summed E-state index contributed by atoms with van der Waals surface area (Å²) in [7, 11) is 0. The largest absolute Gasteiger partial charge is 0.416 e. The Bertz CT molecular complexity index is 924. The summed E-state index contributed by atoms with van der Waals surface area (Å²) in [5.41, 5.74) is 0.386. The van der Waals surface area contributed by atoms with Crippen molar-refractivity contribution < 1.29 is 33.0 Å². The third-order valence-corrected chi connectivity index (χ3v) is 3.98. The number of rotatable bonds is 5. The molecule has 8 heteroatoms. The van der Waals surface area contributed by atoms with E-state index in [9.17, 15) is 27.9 Å². The summed E-state index contributed by atoms with van der Waals surface area (Å²) >= 11 is 0. The van der Waals surface area contributed by atoms with Crippen molar-refractivity contribution in [3.63, 3.8) is 0 Å². The van der Waals surface area contributed by atoms with Crippen LogP contribution in [0, 0.1) is 11.8 Å². The summed E-state index contributed by atoms with van der Waals surface area (Å²) in [4.78, 5) is 23.8. The van der Waals surface area contributed by atoms with Gasteiger partial charge in [-0.15, -0.1) is 0 Å². The second kappa shape index (κ2) is 9.37. The fraction of sp³-hybridized carbons (Fsp3) is 0.238. The van der Waals surface area contributed by atoms with E-state index in [0.717, 1.165) is 12.1 Å². The average Bonchev–Trinajstić information content (AvgIpc) is 2.69. The molecule has 2 atom stereocenters. The van der Waals surface area contributed by atoms with Gasteiger partial charge in [-0.1, -0.05) is 11.8 Å². The van der Waals surface area contributed by atoms with Gasteiger partial charge in [0, 0.05) is 16.7 Å². The minimum Gasteiger partial charge on any atom is -0.391 e. The van der Waals surface area contributed by atoms with Crippen LogP contribution in [-0.2, 0) is 11.0 Å². The molecule has 2 rings (SSSR count). The molecule has 0 aliphatic rings. The average molecular weight is 405 g/mol. The number of benzene rings is 2. The van der Waals surface area contributed by atoms with E-state index in [1.165, 1.54) is 43.3 Å². The molecule has 0 radical (unpaired) electrons. The molecule has 0 aromatic heterocycles. The zero-order valence-electron chi connectivity index (χ0n) is 15.3. The number of ketones is 1. The lowest BCUT2D eigenvalue weighted by Gasteiger charge is -2.19. The van der Waals surface area contributed by atoms with Crippen molar-refractivity contribution in [2.24, 2.45) is 0 Å². The number of carbonyl (C=O) groups excluding carboxylic acids is 2. The van der Waals surface area contributed by atoms with Gasteiger partial charge in [-0.3, -0.25) is 9.59 Å². The van der Waals surface area contributed by atoms with E-state index in [0.29, 0.717) is 11.1 Å². The van der Waals surface area contributed by atoms with Crippen molar-refractivity contribution in [3.8, 4) is 11.8 Å². The Morgan fingerprint density at radius 2 is 1.48 bits per heavy atom. The molecule has 2 aromatic carbocycles. The highest BCUT2D eigenvalue weighted by Crippen LogP contribution is 2.28. The summed E-state index contributed by atoms with van der Waals surface area (Å²) in [6.07, 6.45) is -5.58. The molecule has 0 aliphatic carbocycles. The molecular weight excluding hydrogens is 387 g/mol. The Hall–Kier alpha value is -3.15. The molecule has 1 amide bonds. The van der Waals surface area contributed by atoms with Crippen LogP contribution in [0.1, 0.15) is 34.0 Å². The smallest absolute Gasteiger partial charge is 0.391 e. The second-order valence-electron chi connectivity index (χ2n) is 6.22. The molecule has 0 unspecified atom stereocenters. The number of hydrogen-bond donors (Lipinski definition) is 3. The maximum atomic E-state index is 12.5. The minimum absolute atomic E-state index is 0.210. The number of aliphatic hydroxyl groups is 2. The van der Waals surface area contributed by atoms with E-state index in [2.05, 4.69) is 17.2 Å². The Morgan fingerprint density at radius 3 is 1.90 bits per heavy atom. The summed E-state index contributed by atoms with van der Waals surface area (Å²) in [5.74, 6) is 4.19. The molecule has 0 saturated heterocycles. The number of Topliss-reactive ketones (excluding diaryl/α,β-unsaturated/α-hetero) is 1. The zero-order chi connectivity index (χ0) is 21.6. The Balaban J connectivity index is 2.08. The molecule has 0 aliphatic heterocycles. The third-order valence-electron chi connectivity index (χ3n) is 3.98. The first kappa shape index (κ1) is 22.1. The molecule has 29 heavy (non-hydrogen) atoms. The van der Waals surface area contributed by atoms with Gasteiger partial charge < -0.3 is 15.5 Å². The van der Waals surface area contributed by atoms with Crippen LogP contribution in [0.3, 0.4) is 0 Å². The van der Waals surface area contributed by atoms with Crippen LogP contribution in [0.25, 0.3) is 0 Å². The number of halogens is 3. The van der Waals surface area contributed by atoms with Crippen molar-refractivity contribution in [2.45, 2.75) is 25.2 Å². The van der Waals surface area contributed by atoms with Crippen LogP contribution >= 0.6 is 0 Å². The highest BCUT2D eigenvalue weighted by atomic mass is 19.4. The quantitative estimate of drug-likeness (QED) is 0.666. The molecular formula is C21H18F3NO4. The number of carbonyl (C=O) groups is 2. The predicted molar refractivity (Wildman–Crippen MR) is 98.9 cm³/mol. The van der Waals surface area contributed by atoms with Gasteiger partial charge in [0.25, 0.3) is 5.91 Å². The number of aliphatic hydroxyl groups excluding tert-OH is 2. The van der Waals surface area contributed by atoms with Gasteiger partial charge in [-0.2, -0.15) is 13.2 Å². The Kier molecular flexibility index (Phi) is 7.15. The first-order valence-electron chi connectivity index (χ1n) is 8.53. The summed E-state index contributed by atoms with van der Waals surface area (Å²) in [5, 5.41) is 20.8. The number of hydrogen-bond acceptors (Lipinski definition) is 4. The van der Waals surface area contributed by atoms with E-state index in [1.54, 1.807) is 0 Å². The highest BCUT2D eigenvalue weighted by molar-refractivity contribution is 5.98. The molecule has 0 fully saturated rings. The fourth-order valence-electron chi connectivity index (χ4n) is 2.38. The lowest BCUT2D eigenvalue weighted by molar-refractivity contribution is -0.137. The van der Waals surface area contributed by atoms with E-state index in [-0.39, 0.29) is 5.56 Å². The van der Waals surface area contributed by atoms with Crippen LogP contribution in [0.4, 0.5) is 13.2 Å². The monoisotopic (exact) mass is 405 g/mol. The molecule has 5 nitrogen and oxygen atoms in total. The molecule has 0 heterocycles. The Morgan fingerprint density at radius 1 is 1.00 bits per heavy atom. The van der Waals surface area contributed by atoms with Crippen LogP contribution < -0.4 is 5.32 Å². The number of alkyl halides is 3. The van der Waals surface area contributed by atoms with Crippen molar-refractivity contribution in [2.75, 3.05) is 6.61 Å². The lowest BCUT2D eigenvalue weighted by atomic mass is 10.1. The molecule has 0 saturated carbocycles. The first-order chi connectivity index (χ1) is 13.6. The maximum Gasteiger partial charge on any atom is 0.416 e. The van der Waals surface area contributed by atoms with E-state index in [4.69, 9.17) is 5.11 Å². The molecule has 3 N–H and O–H groups in total. The molecule has 0 spiro atoms. The molecule has 2 aromatic rings. The predicted octanol–water partition coefficient (Wildman–Crippen LogP) is 2.15. The zero-order valence-corrected chi connectivity index (χ0v) is 15.3. The maximum absolute atomic E-state index is 12.5. The van der Waals surface area contributed by atoms with Gasteiger partial charge in [0.2, 0.25) is 0 Å². The molecule has 152 valence electrons. The summed E-state index contributed by atoms with van der Waals surface area (Å²) in [6, 6.07) is 9.19. The topological polar surface area (TPSA) is 86.6 Å². The highest BCUT2D eigenvalue weighted by Gasteiger charge is 2.29. The summed E-state index contributed by atoms with van der Waals surface area (Å²) < 4.78 is 37.6.